The van der Waals surface area contributed by atoms with E-state index in [1.165, 1.54) is 37.8 Å². The number of allylic oxidation sites excluding steroid dienone is 5. The van der Waals surface area contributed by atoms with Crippen LogP contribution in [0.25, 0.3) is 0 Å². The molecule has 0 saturated carbocycles. The molecule has 132 valence electrons. The lowest BCUT2D eigenvalue weighted by atomic mass is 9.89. The standard InChI is InChI=1S/C20H28O4/c1-4-5-6-7-8-9-10-11-16(20(23)24)12-17-13-18(21)14(2)15(3)19(17)22/h12-13H,4-11H2,1-3H3,(H,23,24)/b16-12+. The minimum atomic E-state index is -1.02. The van der Waals surface area contributed by atoms with E-state index in [1.54, 1.807) is 13.8 Å². The first-order valence-corrected chi connectivity index (χ1v) is 8.80. The van der Waals surface area contributed by atoms with Crippen molar-refractivity contribution in [1.29, 1.82) is 0 Å². The highest BCUT2D eigenvalue weighted by Gasteiger charge is 2.22. The van der Waals surface area contributed by atoms with Crippen molar-refractivity contribution in [3.05, 3.63) is 34.4 Å². The summed E-state index contributed by atoms with van der Waals surface area (Å²) in [6.45, 7) is 5.39. The summed E-state index contributed by atoms with van der Waals surface area (Å²) >= 11 is 0. The number of carbonyl (C=O) groups is 3. The van der Waals surface area contributed by atoms with Crippen LogP contribution in [0.15, 0.2) is 34.4 Å². The third-order valence-electron chi connectivity index (χ3n) is 4.48. The summed E-state index contributed by atoms with van der Waals surface area (Å²) in [5.74, 6) is -1.50. The molecule has 0 amide bonds. The van der Waals surface area contributed by atoms with Crippen molar-refractivity contribution >= 4 is 17.5 Å². The first kappa shape index (κ1) is 20.1. The van der Waals surface area contributed by atoms with Crippen LogP contribution >= 0.6 is 0 Å². The molecule has 1 N–H and O–H groups in total. The molecule has 4 nitrogen and oxygen atoms in total. The molecule has 4 heteroatoms. The van der Waals surface area contributed by atoms with Crippen molar-refractivity contribution in [2.45, 2.75) is 72.1 Å². The number of carboxylic acid groups (broad SMARTS) is 1. The second kappa shape index (κ2) is 10.0. The molecule has 1 rings (SSSR count). The maximum atomic E-state index is 12.2. The lowest BCUT2D eigenvalue weighted by molar-refractivity contribution is -0.132. The molecule has 0 radical (unpaired) electrons. The number of ketones is 2. The van der Waals surface area contributed by atoms with Crippen molar-refractivity contribution in [1.82, 2.24) is 0 Å². The molecule has 1 aliphatic rings. The lowest BCUT2D eigenvalue weighted by Gasteiger charge is -2.12. The summed E-state index contributed by atoms with van der Waals surface area (Å²) in [4.78, 5) is 35.4. The third kappa shape index (κ3) is 5.91. The van der Waals surface area contributed by atoms with Crippen molar-refractivity contribution in [3.63, 3.8) is 0 Å². The Morgan fingerprint density at radius 1 is 1.00 bits per heavy atom. The van der Waals surface area contributed by atoms with Crippen molar-refractivity contribution in [2.24, 2.45) is 0 Å². The molecular weight excluding hydrogens is 304 g/mol. The number of carboxylic acids is 1. The van der Waals surface area contributed by atoms with Gasteiger partial charge in [0.1, 0.15) is 0 Å². The normalized spacial score (nSPS) is 15.8. The topological polar surface area (TPSA) is 71.4 Å². The molecule has 0 saturated heterocycles. The zero-order valence-corrected chi connectivity index (χ0v) is 15.0. The fourth-order valence-electron chi connectivity index (χ4n) is 2.69. The Bertz CT molecular complexity index is 591. The molecule has 0 heterocycles. The Hall–Kier alpha value is -1.97. The number of unbranched alkanes of at least 4 members (excludes halogenated alkanes) is 6. The van der Waals surface area contributed by atoms with Crippen molar-refractivity contribution < 1.29 is 19.5 Å². The summed E-state index contributed by atoms with van der Waals surface area (Å²) < 4.78 is 0. The fourth-order valence-corrected chi connectivity index (χ4v) is 2.69. The summed E-state index contributed by atoms with van der Waals surface area (Å²) in [7, 11) is 0. The Morgan fingerprint density at radius 2 is 1.58 bits per heavy atom. The molecule has 1 aliphatic carbocycles. The Balaban J connectivity index is 2.64. The summed E-state index contributed by atoms with van der Waals surface area (Å²) in [6, 6.07) is 0. The lowest BCUT2D eigenvalue weighted by Crippen LogP contribution is -2.16. The van der Waals surface area contributed by atoms with Gasteiger partial charge in [-0.3, -0.25) is 9.59 Å². The van der Waals surface area contributed by atoms with Gasteiger partial charge in [0.2, 0.25) is 0 Å². The van der Waals surface area contributed by atoms with E-state index < -0.39 is 5.97 Å². The fraction of sp³-hybridized carbons (Fsp3) is 0.550. The van der Waals surface area contributed by atoms with E-state index in [1.807, 2.05) is 0 Å². The molecule has 0 aromatic heterocycles. The predicted molar refractivity (Wildman–Crippen MR) is 94.8 cm³/mol. The van der Waals surface area contributed by atoms with E-state index in [4.69, 9.17) is 0 Å². The second-order valence-corrected chi connectivity index (χ2v) is 6.39. The molecule has 0 unspecified atom stereocenters. The van der Waals surface area contributed by atoms with Gasteiger partial charge in [-0.1, -0.05) is 45.4 Å². The van der Waals surface area contributed by atoms with Crippen LogP contribution in [0.3, 0.4) is 0 Å². The summed E-state index contributed by atoms with van der Waals surface area (Å²) in [5.41, 5.74) is 1.21. The van der Waals surface area contributed by atoms with Crippen LogP contribution in [0.5, 0.6) is 0 Å². The van der Waals surface area contributed by atoms with Gasteiger partial charge in [-0.25, -0.2) is 4.79 Å². The van der Waals surface area contributed by atoms with E-state index in [9.17, 15) is 19.5 Å². The van der Waals surface area contributed by atoms with Crippen LogP contribution in [0, 0.1) is 0 Å². The van der Waals surface area contributed by atoms with Gasteiger partial charge in [-0.05, 0) is 38.8 Å². The van der Waals surface area contributed by atoms with Crippen LogP contribution in [0.2, 0.25) is 0 Å². The number of hydrogen-bond acceptors (Lipinski definition) is 3. The van der Waals surface area contributed by atoms with Gasteiger partial charge in [-0.2, -0.15) is 0 Å². The quantitative estimate of drug-likeness (QED) is 0.362. The van der Waals surface area contributed by atoms with Gasteiger partial charge < -0.3 is 5.11 Å². The van der Waals surface area contributed by atoms with Crippen molar-refractivity contribution in [3.8, 4) is 0 Å². The highest BCUT2D eigenvalue weighted by Crippen LogP contribution is 2.22. The van der Waals surface area contributed by atoms with Crippen LogP contribution < -0.4 is 0 Å². The second-order valence-electron chi connectivity index (χ2n) is 6.39. The van der Waals surface area contributed by atoms with E-state index >= 15 is 0 Å². The molecule has 0 fully saturated rings. The zero-order chi connectivity index (χ0) is 18.1. The predicted octanol–water partition coefficient (Wildman–Crippen LogP) is 4.55. The number of aliphatic carboxylic acids is 1. The summed E-state index contributed by atoms with van der Waals surface area (Å²) in [5, 5.41) is 9.34. The average Bonchev–Trinajstić information content (AvgIpc) is 2.55. The molecule has 0 aromatic carbocycles. The van der Waals surface area contributed by atoms with Gasteiger partial charge in [0.15, 0.2) is 11.6 Å². The maximum Gasteiger partial charge on any atom is 0.331 e. The molecular formula is C20H28O4. The van der Waals surface area contributed by atoms with Crippen LogP contribution in [-0.4, -0.2) is 22.6 Å². The molecule has 0 aliphatic heterocycles. The van der Waals surface area contributed by atoms with Crippen LogP contribution in [-0.2, 0) is 14.4 Å². The largest absolute Gasteiger partial charge is 0.478 e. The number of hydrogen-bond donors (Lipinski definition) is 1. The number of carbonyl (C=O) groups excluding carboxylic acids is 2. The average molecular weight is 332 g/mol. The molecule has 0 spiro atoms. The van der Waals surface area contributed by atoms with Crippen LogP contribution in [0.4, 0.5) is 0 Å². The van der Waals surface area contributed by atoms with Gasteiger partial charge in [-0.15, -0.1) is 0 Å². The van der Waals surface area contributed by atoms with Gasteiger partial charge >= 0.3 is 5.97 Å². The third-order valence-corrected chi connectivity index (χ3v) is 4.48. The monoisotopic (exact) mass is 332 g/mol. The first-order chi connectivity index (χ1) is 11.4. The molecule has 0 bridgehead atoms. The minimum absolute atomic E-state index is 0.184. The number of Topliss-reactive ketones (excluding diaryl/α,β-unsaturated/α-hetero) is 1. The van der Waals surface area contributed by atoms with Gasteiger partial charge in [0, 0.05) is 22.3 Å². The van der Waals surface area contributed by atoms with Crippen LogP contribution in [0.1, 0.15) is 72.1 Å². The van der Waals surface area contributed by atoms with Crippen molar-refractivity contribution in [2.75, 3.05) is 0 Å². The maximum absolute atomic E-state index is 12.2. The number of rotatable bonds is 10. The molecule has 24 heavy (non-hydrogen) atoms. The zero-order valence-electron chi connectivity index (χ0n) is 15.0. The van der Waals surface area contributed by atoms with Gasteiger partial charge in [0.25, 0.3) is 0 Å². The minimum Gasteiger partial charge on any atom is -0.478 e. The Labute approximate surface area is 144 Å². The molecule has 0 atom stereocenters. The van der Waals surface area contributed by atoms with E-state index in [0.29, 0.717) is 17.6 Å². The van der Waals surface area contributed by atoms with E-state index in [2.05, 4.69) is 6.92 Å². The SMILES string of the molecule is CCCCCCCCC/C(=C\C1=CC(=O)C(C)=C(C)C1=O)C(=O)O. The van der Waals surface area contributed by atoms with Gasteiger partial charge in [0.05, 0.1) is 0 Å². The van der Waals surface area contributed by atoms with E-state index in [-0.39, 0.29) is 22.7 Å². The summed E-state index contributed by atoms with van der Waals surface area (Å²) in [6.07, 6.45) is 10.8. The Morgan fingerprint density at radius 3 is 2.17 bits per heavy atom. The highest BCUT2D eigenvalue weighted by molar-refractivity contribution is 6.23. The molecule has 0 aromatic rings. The highest BCUT2D eigenvalue weighted by atomic mass is 16.4. The first-order valence-electron chi connectivity index (χ1n) is 8.80. The Kier molecular flexibility index (Phi) is 8.37. The van der Waals surface area contributed by atoms with E-state index in [0.717, 1.165) is 19.3 Å². The smallest absolute Gasteiger partial charge is 0.331 e.